The summed E-state index contributed by atoms with van der Waals surface area (Å²) < 4.78 is 59.2. The lowest BCUT2D eigenvalue weighted by molar-refractivity contribution is -0.105. The second-order valence-electron chi connectivity index (χ2n) is 4.09. The van der Waals surface area contributed by atoms with Crippen molar-refractivity contribution in [1.82, 2.24) is 0 Å². The lowest BCUT2D eigenvalue weighted by Crippen LogP contribution is -2.37. The Balaban J connectivity index is 2.95. The van der Waals surface area contributed by atoms with Gasteiger partial charge in [0.25, 0.3) is 20.2 Å². The van der Waals surface area contributed by atoms with Gasteiger partial charge < -0.3 is 4.74 Å². The van der Waals surface area contributed by atoms with Crippen LogP contribution in [-0.4, -0.2) is 48.3 Å². The predicted molar refractivity (Wildman–Crippen MR) is 59.2 cm³/mol. The van der Waals surface area contributed by atoms with Crippen LogP contribution in [0, 0.1) is 0 Å². The van der Waals surface area contributed by atoms with Crippen LogP contribution in [0.3, 0.4) is 0 Å². The van der Waals surface area contributed by atoms with Gasteiger partial charge in [-0.2, -0.15) is 16.8 Å². The maximum Gasteiger partial charge on any atom is 0.267 e. The summed E-state index contributed by atoms with van der Waals surface area (Å²) in [5, 5.41) is 0. The van der Waals surface area contributed by atoms with Crippen molar-refractivity contribution in [3.8, 4) is 0 Å². The molecule has 0 aliphatic heterocycles. The molecular formula is C8H16O7S2. The van der Waals surface area contributed by atoms with Crippen molar-refractivity contribution in [3.05, 3.63) is 0 Å². The summed E-state index contributed by atoms with van der Waals surface area (Å²) in [6.45, 7) is 0. The third-order valence-corrected chi connectivity index (χ3v) is 3.54. The highest BCUT2D eigenvalue weighted by atomic mass is 32.2. The van der Waals surface area contributed by atoms with E-state index in [2.05, 4.69) is 0 Å². The smallest absolute Gasteiger partial charge is 0.267 e. The first-order chi connectivity index (χ1) is 7.55. The number of rotatable bonds is 5. The lowest BCUT2D eigenvalue weighted by atomic mass is 10.2. The first-order valence-electron chi connectivity index (χ1n) is 4.89. The minimum atomic E-state index is -3.82. The van der Waals surface area contributed by atoms with Gasteiger partial charge in [-0.3, -0.25) is 0 Å². The highest BCUT2D eigenvalue weighted by Crippen LogP contribution is 2.38. The second kappa shape index (κ2) is 4.81. The van der Waals surface area contributed by atoms with E-state index in [0.29, 0.717) is 6.42 Å². The van der Waals surface area contributed by atoms with Crippen LogP contribution in [-0.2, 0) is 33.3 Å². The van der Waals surface area contributed by atoms with Gasteiger partial charge in [0.15, 0.2) is 0 Å². The Hall–Kier alpha value is -0.220. The molecule has 1 atom stereocenters. The molecule has 0 aromatic rings. The zero-order valence-electron chi connectivity index (χ0n) is 9.87. The normalized spacial score (nSPS) is 25.0. The van der Waals surface area contributed by atoms with Crippen molar-refractivity contribution >= 4 is 20.2 Å². The van der Waals surface area contributed by atoms with E-state index in [4.69, 9.17) is 13.1 Å². The van der Waals surface area contributed by atoms with Gasteiger partial charge in [0.05, 0.1) is 18.6 Å². The largest absolute Gasteiger partial charge is 0.381 e. The van der Waals surface area contributed by atoms with Gasteiger partial charge in [-0.05, 0) is 6.42 Å². The van der Waals surface area contributed by atoms with Crippen molar-refractivity contribution in [1.29, 1.82) is 0 Å². The Bertz CT molecular complexity index is 430. The van der Waals surface area contributed by atoms with Gasteiger partial charge in [-0.15, -0.1) is 0 Å². The van der Waals surface area contributed by atoms with Crippen LogP contribution in [0.4, 0.5) is 0 Å². The molecule has 0 radical (unpaired) electrons. The van der Waals surface area contributed by atoms with E-state index in [1.54, 1.807) is 0 Å². The minimum absolute atomic E-state index is 0.0592. The summed E-state index contributed by atoms with van der Waals surface area (Å²) >= 11 is 0. The summed E-state index contributed by atoms with van der Waals surface area (Å²) in [7, 11) is -6.17. The molecule has 1 unspecified atom stereocenters. The molecule has 17 heavy (non-hydrogen) atoms. The fourth-order valence-electron chi connectivity index (χ4n) is 1.85. The van der Waals surface area contributed by atoms with Crippen LogP contribution < -0.4 is 0 Å². The van der Waals surface area contributed by atoms with Crippen LogP contribution >= 0.6 is 0 Å². The summed E-state index contributed by atoms with van der Waals surface area (Å²) in [6.07, 6.45) is 2.09. The highest BCUT2D eigenvalue weighted by Gasteiger charge is 2.47. The average Bonchev–Trinajstić information content (AvgIpc) is 2.41. The molecule has 0 heterocycles. The lowest BCUT2D eigenvalue weighted by Gasteiger charge is -2.26. The Morgan fingerprint density at radius 1 is 1.06 bits per heavy atom. The fourth-order valence-corrected chi connectivity index (χ4v) is 3.37. The molecule has 9 heteroatoms. The number of hydrogen-bond acceptors (Lipinski definition) is 7. The van der Waals surface area contributed by atoms with Gasteiger partial charge in [-0.25, -0.2) is 8.37 Å². The molecule has 0 spiro atoms. The van der Waals surface area contributed by atoms with Crippen LogP contribution in [0.25, 0.3) is 0 Å². The summed E-state index contributed by atoms with van der Waals surface area (Å²) in [4.78, 5) is 0. The summed E-state index contributed by atoms with van der Waals surface area (Å²) in [5.74, 6) is -1.66. The minimum Gasteiger partial charge on any atom is -0.381 e. The average molecular weight is 288 g/mol. The van der Waals surface area contributed by atoms with E-state index < -0.39 is 26.0 Å². The number of methoxy groups -OCH3 is 1. The van der Waals surface area contributed by atoms with Crippen LogP contribution in [0.1, 0.15) is 19.3 Å². The number of hydrogen-bond donors (Lipinski definition) is 0. The molecule has 0 amide bonds. The molecule has 0 saturated heterocycles. The van der Waals surface area contributed by atoms with E-state index in [-0.39, 0.29) is 18.9 Å². The van der Waals surface area contributed by atoms with Crippen LogP contribution in [0.15, 0.2) is 0 Å². The quantitative estimate of drug-likeness (QED) is 0.512. The molecule has 0 aromatic heterocycles. The molecule has 102 valence electrons. The zero-order chi connectivity index (χ0) is 13.3. The van der Waals surface area contributed by atoms with E-state index in [0.717, 1.165) is 12.5 Å². The monoisotopic (exact) mass is 288 g/mol. The van der Waals surface area contributed by atoms with E-state index in [1.165, 1.54) is 7.11 Å². The Kier molecular flexibility index (Phi) is 4.20. The topological polar surface area (TPSA) is 96.0 Å². The van der Waals surface area contributed by atoms with Gasteiger partial charge >= 0.3 is 0 Å². The third kappa shape index (κ3) is 4.88. The molecule has 0 N–H and O–H groups in total. The number of ether oxygens (including phenoxy) is 1. The zero-order valence-corrected chi connectivity index (χ0v) is 11.5. The molecule has 1 aliphatic rings. The molecular weight excluding hydrogens is 272 g/mol. The highest BCUT2D eigenvalue weighted by molar-refractivity contribution is 7.86. The van der Waals surface area contributed by atoms with Crippen LogP contribution in [0.5, 0.6) is 0 Å². The molecule has 1 rings (SSSR count). The fraction of sp³-hybridized carbons (Fsp3) is 1.00. The molecule has 0 bridgehead atoms. The molecule has 7 nitrogen and oxygen atoms in total. The first kappa shape index (κ1) is 14.8. The summed E-state index contributed by atoms with van der Waals surface area (Å²) in [6, 6.07) is 0. The Morgan fingerprint density at radius 2 is 1.53 bits per heavy atom. The maximum absolute atomic E-state index is 11.1. The Morgan fingerprint density at radius 3 is 1.82 bits per heavy atom. The standard InChI is InChI=1S/C8H16O7S2/c1-13-7-4-5-8(6-7,14-16(2,9)10)15-17(3,11)12/h7H,4-6H2,1-3H3. The van der Waals surface area contributed by atoms with Crippen LogP contribution in [0.2, 0.25) is 0 Å². The van der Waals surface area contributed by atoms with Crippen molar-refractivity contribution < 1.29 is 29.9 Å². The van der Waals surface area contributed by atoms with Gasteiger partial charge in [0, 0.05) is 20.0 Å². The Labute approximate surface area is 101 Å². The summed E-state index contributed by atoms with van der Waals surface area (Å²) in [5.41, 5.74) is 0. The molecule has 1 aliphatic carbocycles. The van der Waals surface area contributed by atoms with Gasteiger partial charge in [0.2, 0.25) is 5.79 Å². The van der Waals surface area contributed by atoms with Crippen molar-refractivity contribution in [2.24, 2.45) is 0 Å². The van der Waals surface area contributed by atoms with E-state index in [1.807, 2.05) is 0 Å². The SMILES string of the molecule is COC1CCC(OS(C)(=O)=O)(OS(C)(=O)=O)C1. The van der Waals surface area contributed by atoms with E-state index in [9.17, 15) is 16.8 Å². The first-order valence-corrected chi connectivity index (χ1v) is 8.53. The van der Waals surface area contributed by atoms with E-state index >= 15 is 0 Å². The molecule has 0 aromatic carbocycles. The maximum atomic E-state index is 11.1. The van der Waals surface area contributed by atoms with Gasteiger partial charge in [0.1, 0.15) is 0 Å². The third-order valence-electron chi connectivity index (χ3n) is 2.33. The predicted octanol–water partition coefficient (Wildman–Crippen LogP) is -0.166. The van der Waals surface area contributed by atoms with Crippen molar-refractivity contribution in [2.45, 2.75) is 31.2 Å². The molecule has 1 fully saturated rings. The van der Waals surface area contributed by atoms with Gasteiger partial charge in [-0.1, -0.05) is 0 Å². The molecule has 1 saturated carbocycles. The van der Waals surface area contributed by atoms with Crippen molar-refractivity contribution in [3.63, 3.8) is 0 Å². The second-order valence-corrected chi connectivity index (χ2v) is 7.24. The van der Waals surface area contributed by atoms with Crippen molar-refractivity contribution in [2.75, 3.05) is 19.6 Å².